The number of likely N-dealkylation sites (N-methyl/N-ethyl adjacent to an activating group) is 1. The van der Waals surface area contributed by atoms with Gasteiger partial charge in [-0.25, -0.2) is 8.42 Å². The Morgan fingerprint density at radius 2 is 1.67 bits per heavy atom. The van der Waals surface area contributed by atoms with E-state index in [2.05, 4.69) is 10.8 Å². The topological polar surface area (TPSA) is 105 Å². The average Bonchev–Trinajstić information content (AvgIpc) is 3.13. The highest BCUT2D eigenvalue weighted by atomic mass is 32.2. The summed E-state index contributed by atoms with van der Waals surface area (Å²) in [6.07, 6.45) is -0.0000947. The molecule has 1 fully saturated rings. The molecule has 9 heteroatoms. The van der Waals surface area contributed by atoms with Crippen molar-refractivity contribution in [1.82, 2.24) is 10.4 Å². The Morgan fingerprint density at radius 3 is 2.18 bits per heavy atom. The Hall–Kier alpha value is -2.75. The number of hydroxylamine groups is 1. The van der Waals surface area contributed by atoms with Crippen molar-refractivity contribution in [3.8, 4) is 0 Å². The molecule has 2 aromatic rings. The normalized spacial score (nSPS) is 20.4. The number of nitrogens with one attached hydrogen (secondary N) is 2. The van der Waals surface area contributed by atoms with Crippen LogP contribution in [0.1, 0.15) is 43.6 Å². The molecule has 0 saturated carbocycles. The molecular formula is C24H31N3O5S. The maximum atomic E-state index is 13.1. The summed E-state index contributed by atoms with van der Waals surface area (Å²) in [4.78, 5) is 33.0. The number of nitrogens with zero attached hydrogens (tertiary/aromatic N) is 1. The monoisotopic (exact) mass is 473 g/mol. The third kappa shape index (κ3) is 5.79. The third-order valence-corrected chi connectivity index (χ3v) is 7.59. The van der Waals surface area contributed by atoms with Gasteiger partial charge in [-0.2, -0.15) is 5.48 Å². The van der Waals surface area contributed by atoms with Crippen molar-refractivity contribution in [2.24, 2.45) is 0 Å². The van der Waals surface area contributed by atoms with Crippen LogP contribution in [-0.2, 0) is 25.9 Å². The van der Waals surface area contributed by atoms with Gasteiger partial charge in [-0.1, -0.05) is 19.1 Å². The fraction of sp³-hybridized carbons (Fsp3) is 0.417. The molecule has 0 aliphatic carbocycles. The van der Waals surface area contributed by atoms with Gasteiger partial charge in [-0.3, -0.25) is 14.4 Å². The second kappa shape index (κ2) is 10.5. The molecule has 2 aromatic carbocycles. The van der Waals surface area contributed by atoms with E-state index in [9.17, 15) is 18.0 Å². The van der Waals surface area contributed by atoms with Crippen LogP contribution in [0, 0.1) is 0 Å². The van der Waals surface area contributed by atoms with E-state index in [1.807, 2.05) is 20.8 Å². The number of carbonyl (C=O) groups excluding carboxylic acids is 2. The van der Waals surface area contributed by atoms with Gasteiger partial charge in [0.1, 0.15) is 0 Å². The fourth-order valence-corrected chi connectivity index (χ4v) is 4.89. The molecule has 33 heavy (non-hydrogen) atoms. The Labute approximate surface area is 195 Å². The zero-order valence-electron chi connectivity index (χ0n) is 19.4. The van der Waals surface area contributed by atoms with Crippen LogP contribution in [0.5, 0.6) is 0 Å². The van der Waals surface area contributed by atoms with Crippen LogP contribution in [0.2, 0.25) is 0 Å². The molecule has 1 aliphatic rings. The lowest BCUT2D eigenvalue weighted by molar-refractivity contribution is -0.115. The van der Waals surface area contributed by atoms with E-state index in [-0.39, 0.29) is 47.1 Å². The first-order chi connectivity index (χ1) is 15.7. The van der Waals surface area contributed by atoms with Crippen LogP contribution in [0.25, 0.3) is 0 Å². The van der Waals surface area contributed by atoms with Gasteiger partial charge < -0.3 is 10.2 Å². The second-order valence-electron chi connectivity index (χ2n) is 8.16. The molecule has 3 unspecified atom stereocenters. The van der Waals surface area contributed by atoms with E-state index in [0.29, 0.717) is 23.4 Å². The van der Waals surface area contributed by atoms with Gasteiger partial charge in [0.25, 0.3) is 5.91 Å². The summed E-state index contributed by atoms with van der Waals surface area (Å²) in [5.74, 6) is -0.286. The summed E-state index contributed by atoms with van der Waals surface area (Å²) in [5.41, 5.74) is 4.76. The van der Waals surface area contributed by atoms with Gasteiger partial charge in [-0.15, -0.1) is 0 Å². The summed E-state index contributed by atoms with van der Waals surface area (Å²) < 4.78 is 23.8. The quantitative estimate of drug-likeness (QED) is 0.611. The van der Waals surface area contributed by atoms with Crippen LogP contribution in [0.15, 0.2) is 53.4 Å². The second-order valence-corrected chi connectivity index (χ2v) is 10.4. The fourth-order valence-electron chi connectivity index (χ4n) is 4.01. The number of benzene rings is 2. The van der Waals surface area contributed by atoms with Gasteiger partial charge >= 0.3 is 0 Å². The van der Waals surface area contributed by atoms with Gasteiger partial charge in [-0.05, 0) is 62.7 Å². The molecule has 8 nitrogen and oxygen atoms in total. The summed E-state index contributed by atoms with van der Waals surface area (Å²) >= 11 is 0. The SMILES string of the molecule is CCN(C(=O)c1ccc(NC(=O)Cc2ccc(S(=O)(=O)CC)cc2)cc1)C1C(C)NOC1C. The Morgan fingerprint density at radius 1 is 1.03 bits per heavy atom. The molecule has 1 saturated heterocycles. The minimum Gasteiger partial charge on any atom is -0.332 e. The molecule has 0 radical (unpaired) electrons. The summed E-state index contributed by atoms with van der Waals surface area (Å²) in [6.45, 7) is 8.01. The summed E-state index contributed by atoms with van der Waals surface area (Å²) in [7, 11) is -3.27. The van der Waals surface area contributed by atoms with E-state index < -0.39 is 9.84 Å². The molecule has 2 amide bonds. The molecule has 2 N–H and O–H groups in total. The summed E-state index contributed by atoms with van der Waals surface area (Å²) in [5, 5.41) is 2.81. The smallest absolute Gasteiger partial charge is 0.254 e. The van der Waals surface area contributed by atoms with Crippen molar-refractivity contribution < 1.29 is 22.8 Å². The predicted molar refractivity (Wildman–Crippen MR) is 127 cm³/mol. The largest absolute Gasteiger partial charge is 0.332 e. The molecule has 178 valence electrons. The maximum Gasteiger partial charge on any atom is 0.254 e. The molecule has 1 heterocycles. The lowest BCUT2D eigenvalue weighted by Gasteiger charge is -2.31. The highest BCUT2D eigenvalue weighted by Gasteiger charge is 2.38. The highest BCUT2D eigenvalue weighted by Crippen LogP contribution is 2.21. The Bertz CT molecular complexity index is 1070. The first kappa shape index (κ1) is 24.9. The van der Waals surface area contributed by atoms with Crippen molar-refractivity contribution in [1.29, 1.82) is 0 Å². The number of amides is 2. The van der Waals surface area contributed by atoms with E-state index in [1.54, 1.807) is 48.2 Å². The third-order valence-electron chi connectivity index (χ3n) is 5.84. The zero-order chi connectivity index (χ0) is 24.2. The summed E-state index contributed by atoms with van der Waals surface area (Å²) in [6, 6.07) is 13.1. The number of rotatable bonds is 8. The van der Waals surface area contributed by atoms with E-state index >= 15 is 0 Å². The maximum absolute atomic E-state index is 13.1. The van der Waals surface area contributed by atoms with Crippen molar-refractivity contribution in [2.75, 3.05) is 17.6 Å². The van der Waals surface area contributed by atoms with E-state index in [0.717, 1.165) is 0 Å². The predicted octanol–water partition coefficient (Wildman–Crippen LogP) is 2.80. The van der Waals surface area contributed by atoms with Crippen molar-refractivity contribution in [3.63, 3.8) is 0 Å². The molecule has 0 spiro atoms. The van der Waals surface area contributed by atoms with Crippen LogP contribution in [0.4, 0.5) is 5.69 Å². The lowest BCUT2D eigenvalue weighted by Crippen LogP contribution is -2.49. The standard InChI is InChI=1S/C24H31N3O5S/c1-5-27(23-16(3)26-32-17(23)4)24(29)19-9-11-20(12-10-19)25-22(28)15-18-7-13-21(14-8-18)33(30,31)6-2/h7-14,16-17,23,26H,5-6,15H2,1-4H3,(H,25,28). The minimum atomic E-state index is -3.27. The van der Waals surface area contributed by atoms with Crippen LogP contribution in [0.3, 0.4) is 0 Å². The Balaban J connectivity index is 1.62. The van der Waals surface area contributed by atoms with Crippen molar-refractivity contribution >= 4 is 27.3 Å². The first-order valence-corrected chi connectivity index (χ1v) is 12.7. The Kier molecular flexibility index (Phi) is 7.88. The van der Waals surface area contributed by atoms with Crippen LogP contribution in [-0.4, -0.2) is 55.6 Å². The molecule has 3 rings (SSSR count). The van der Waals surface area contributed by atoms with Crippen LogP contribution >= 0.6 is 0 Å². The molecule has 0 aromatic heterocycles. The van der Waals surface area contributed by atoms with Crippen molar-refractivity contribution in [3.05, 3.63) is 59.7 Å². The van der Waals surface area contributed by atoms with Gasteiger partial charge in [0, 0.05) is 17.8 Å². The van der Waals surface area contributed by atoms with Crippen LogP contribution < -0.4 is 10.8 Å². The van der Waals surface area contributed by atoms with Crippen molar-refractivity contribution in [2.45, 2.75) is 57.2 Å². The van der Waals surface area contributed by atoms with Gasteiger partial charge in [0.2, 0.25) is 5.91 Å². The van der Waals surface area contributed by atoms with E-state index in [4.69, 9.17) is 4.84 Å². The van der Waals surface area contributed by atoms with Gasteiger partial charge in [0.15, 0.2) is 9.84 Å². The average molecular weight is 474 g/mol. The molecular weight excluding hydrogens is 442 g/mol. The first-order valence-electron chi connectivity index (χ1n) is 11.1. The number of sulfone groups is 1. The minimum absolute atomic E-state index is 0.0265. The zero-order valence-corrected chi connectivity index (χ0v) is 20.2. The van der Waals surface area contributed by atoms with Gasteiger partial charge in [0.05, 0.1) is 35.3 Å². The number of carbonyl (C=O) groups is 2. The number of anilines is 1. The number of hydrogen-bond acceptors (Lipinski definition) is 6. The number of hydrogen-bond donors (Lipinski definition) is 2. The molecule has 0 bridgehead atoms. The van der Waals surface area contributed by atoms with E-state index in [1.165, 1.54) is 12.1 Å². The molecule has 1 aliphatic heterocycles. The molecule has 3 atom stereocenters. The lowest BCUT2D eigenvalue weighted by atomic mass is 10.0. The highest BCUT2D eigenvalue weighted by molar-refractivity contribution is 7.91.